The Balaban J connectivity index is 1.82. The normalized spacial score (nSPS) is 12.0. The molecule has 0 unspecified atom stereocenters. The molecule has 0 aliphatic heterocycles. The van der Waals surface area contributed by atoms with Crippen LogP contribution in [0.4, 0.5) is 5.69 Å². The molecule has 4 rings (SSSR count). The highest BCUT2D eigenvalue weighted by molar-refractivity contribution is 9.10. The Hall–Kier alpha value is -3.66. The quantitative estimate of drug-likeness (QED) is 0.177. The summed E-state index contributed by atoms with van der Waals surface area (Å²) >= 11 is 9.78. The van der Waals surface area contributed by atoms with E-state index in [0.29, 0.717) is 10.6 Å². The molecule has 7 nitrogen and oxygen atoms in total. The molecule has 0 saturated heterocycles. The Kier molecular flexibility index (Phi) is 11.2. The van der Waals surface area contributed by atoms with Crippen molar-refractivity contribution in [2.45, 2.75) is 50.7 Å². The van der Waals surface area contributed by atoms with Crippen molar-refractivity contribution in [2.24, 2.45) is 0 Å². The molecule has 4 aromatic carbocycles. The van der Waals surface area contributed by atoms with Crippen LogP contribution < -0.4 is 9.62 Å². The molecule has 0 fully saturated rings. The van der Waals surface area contributed by atoms with Gasteiger partial charge in [-0.05, 0) is 73.9 Å². The second-order valence-electron chi connectivity index (χ2n) is 10.8. The van der Waals surface area contributed by atoms with Crippen molar-refractivity contribution < 1.29 is 18.0 Å². The summed E-state index contributed by atoms with van der Waals surface area (Å²) in [5.41, 5.74) is 2.56. The molecule has 1 atom stereocenters. The molecule has 2 amide bonds. The number of amides is 2. The lowest BCUT2D eigenvalue weighted by molar-refractivity contribution is -0.140. The number of nitrogens with zero attached hydrogens (tertiary/aromatic N) is 2. The number of hydrogen-bond acceptors (Lipinski definition) is 4. The summed E-state index contributed by atoms with van der Waals surface area (Å²) in [6, 6.07) is 28.7. The zero-order valence-electron chi connectivity index (χ0n) is 24.8. The Morgan fingerprint density at radius 2 is 1.48 bits per heavy atom. The molecule has 0 spiro atoms. The van der Waals surface area contributed by atoms with E-state index < -0.39 is 28.5 Å². The summed E-state index contributed by atoms with van der Waals surface area (Å²) in [5.74, 6) is -0.864. The molecule has 10 heteroatoms. The number of benzene rings is 4. The number of halogens is 2. The van der Waals surface area contributed by atoms with Gasteiger partial charge in [-0.15, -0.1) is 0 Å². The van der Waals surface area contributed by atoms with Crippen molar-refractivity contribution in [3.05, 3.63) is 129 Å². The Labute approximate surface area is 273 Å². The lowest BCUT2D eigenvalue weighted by atomic mass is 10.0. The van der Waals surface area contributed by atoms with E-state index in [-0.39, 0.29) is 35.5 Å². The minimum atomic E-state index is -4.20. The van der Waals surface area contributed by atoms with E-state index in [1.54, 1.807) is 37.3 Å². The van der Waals surface area contributed by atoms with Gasteiger partial charge in [0.15, 0.2) is 0 Å². The maximum absolute atomic E-state index is 14.5. The van der Waals surface area contributed by atoms with Gasteiger partial charge >= 0.3 is 0 Å². The van der Waals surface area contributed by atoms with E-state index in [1.807, 2.05) is 68.4 Å². The second kappa shape index (κ2) is 14.9. The van der Waals surface area contributed by atoms with Gasteiger partial charge in [-0.1, -0.05) is 94.3 Å². The molecular formula is C34H35BrClN3O4S. The third-order valence-electron chi connectivity index (χ3n) is 7.02. The molecule has 0 heterocycles. The average molecular weight is 697 g/mol. The third kappa shape index (κ3) is 8.49. The van der Waals surface area contributed by atoms with Gasteiger partial charge in [-0.2, -0.15) is 0 Å². The molecule has 0 saturated carbocycles. The first-order chi connectivity index (χ1) is 21.0. The van der Waals surface area contributed by atoms with Crippen LogP contribution >= 0.6 is 27.5 Å². The van der Waals surface area contributed by atoms with Crippen LogP contribution in [-0.4, -0.2) is 43.8 Å². The van der Waals surface area contributed by atoms with Gasteiger partial charge in [0.05, 0.1) is 10.6 Å². The van der Waals surface area contributed by atoms with Crippen molar-refractivity contribution in [1.29, 1.82) is 0 Å². The average Bonchev–Trinajstić information content (AvgIpc) is 3.00. The van der Waals surface area contributed by atoms with E-state index in [4.69, 9.17) is 11.6 Å². The van der Waals surface area contributed by atoms with E-state index in [2.05, 4.69) is 21.2 Å². The number of aryl methyl sites for hydroxylation is 1. The van der Waals surface area contributed by atoms with Crippen LogP contribution in [0.3, 0.4) is 0 Å². The largest absolute Gasteiger partial charge is 0.352 e. The molecule has 230 valence electrons. The van der Waals surface area contributed by atoms with E-state index in [0.717, 1.165) is 19.9 Å². The van der Waals surface area contributed by atoms with Gasteiger partial charge in [-0.25, -0.2) is 8.42 Å². The monoisotopic (exact) mass is 695 g/mol. The summed E-state index contributed by atoms with van der Waals surface area (Å²) in [5, 5.41) is 3.29. The molecule has 0 aromatic heterocycles. The van der Waals surface area contributed by atoms with Crippen LogP contribution in [0.5, 0.6) is 0 Å². The van der Waals surface area contributed by atoms with Crippen LogP contribution in [0, 0.1) is 6.92 Å². The zero-order valence-corrected chi connectivity index (χ0v) is 27.9. The molecule has 0 radical (unpaired) electrons. The number of carbonyl (C=O) groups is 2. The molecule has 4 aromatic rings. The smallest absolute Gasteiger partial charge is 0.264 e. The Bertz CT molecular complexity index is 1690. The fourth-order valence-electron chi connectivity index (χ4n) is 4.81. The summed E-state index contributed by atoms with van der Waals surface area (Å²) in [6.45, 7) is 5.01. The van der Waals surface area contributed by atoms with Crippen LogP contribution in [0.1, 0.15) is 30.5 Å². The highest BCUT2D eigenvalue weighted by Crippen LogP contribution is 2.30. The lowest BCUT2D eigenvalue weighted by Crippen LogP contribution is -2.54. The van der Waals surface area contributed by atoms with Crippen LogP contribution in [0.25, 0.3) is 0 Å². The first kappa shape index (κ1) is 33.2. The predicted octanol–water partition coefficient (Wildman–Crippen LogP) is 6.77. The molecule has 44 heavy (non-hydrogen) atoms. The van der Waals surface area contributed by atoms with Gasteiger partial charge in [0.1, 0.15) is 12.6 Å². The molecule has 1 N–H and O–H groups in total. The topological polar surface area (TPSA) is 86.8 Å². The van der Waals surface area contributed by atoms with Gasteiger partial charge in [0, 0.05) is 28.5 Å². The summed E-state index contributed by atoms with van der Waals surface area (Å²) in [6.07, 6.45) is 0.239. The first-order valence-electron chi connectivity index (χ1n) is 14.2. The van der Waals surface area contributed by atoms with Crippen molar-refractivity contribution in [2.75, 3.05) is 10.8 Å². The van der Waals surface area contributed by atoms with Crippen molar-refractivity contribution >= 4 is 55.1 Å². The van der Waals surface area contributed by atoms with Crippen LogP contribution in [-0.2, 0) is 32.6 Å². The Morgan fingerprint density at radius 1 is 0.864 bits per heavy atom. The highest BCUT2D eigenvalue weighted by atomic mass is 79.9. The molecule has 0 bridgehead atoms. The summed E-state index contributed by atoms with van der Waals surface area (Å²) < 4.78 is 30.2. The fraction of sp³-hybridized carbons (Fsp3) is 0.235. The fourth-order valence-corrected chi connectivity index (χ4v) is 6.73. The van der Waals surface area contributed by atoms with E-state index in [1.165, 1.54) is 23.1 Å². The maximum Gasteiger partial charge on any atom is 0.264 e. The first-order valence-corrected chi connectivity index (χ1v) is 16.8. The number of carbonyl (C=O) groups excluding carboxylic acids is 2. The van der Waals surface area contributed by atoms with Gasteiger partial charge in [0.2, 0.25) is 11.8 Å². The Morgan fingerprint density at radius 3 is 2.09 bits per heavy atom. The van der Waals surface area contributed by atoms with Gasteiger partial charge in [-0.3, -0.25) is 13.9 Å². The van der Waals surface area contributed by atoms with E-state index >= 15 is 0 Å². The van der Waals surface area contributed by atoms with Crippen LogP contribution in [0.15, 0.2) is 112 Å². The maximum atomic E-state index is 14.5. The molecule has 0 aliphatic rings. The molecular weight excluding hydrogens is 662 g/mol. The zero-order chi connectivity index (χ0) is 31.9. The van der Waals surface area contributed by atoms with E-state index in [9.17, 15) is 18.0 Å². The number of rotatable bonds is 12. The lowest BCUT2D eigenvalue weighted by Gasteiger charge is -2.34. The highest BCUT2D eigenvalue weighted by Gasteiger charge is 2.35. The minimum Gasteiger partial charge on any atom is -0.352 e. The summed E-state index contributed by atoms with van der Waals surface area (Å²) in [7, 11) is -4.20. The van der Waals surface area contributed by atoms with Crippen molar-refractivity contribution in [1.82, 2.24) is 10.2 Å². The number of hydrogen-bond donors (Lipinski definition) is 1. The summed E-state index contributed by atoms with van der Waals surface area (Å²) in [4.78, 5) is 29.8. The SMILES string of the molecule is Cc1ccc(Cl)cc1N(CC(=O)N(Cc1ccc(Br)cc1)[C@@H](Cc1ccccc1)C(=O)NC(C)C)S(=O)(=O)c1ccccc1. The van der Waals surface area contributed by atoms with Crippen molar-refractivity contribution in [3.63, 3.8) is 0 Å². The second-order valence-corrected chi connectivity index (χ2v) is 14.0. The number of nitrogens with one attached hydrogen (secondary N) is 1. The van der Waals surface area contributed by atoms with Gasteiger partial charge in [0.25, 0.3) is 10.0 Å². The van der Waals surface area contributed by atoms with Crippen molar-refractivity contribution in [3.8, 4) is 0 Å². The number of sulfonamides is 1. The van der Waals surface area contributed by atoms with Gasteiger partial charge < -0.3 is 10.2 Å². The number of anilines is 1. The third-order valence-corrected chi connectivity index (χ3v) is 9.56. The minimum absolute atomic E-state index is 0.0324. The standard InChI is InChI=1S/C34H35BrClN3O4S/c1-24(2)37-34(41)32(20-26-10-6-4-7-11-26)38(22-27-15-17-28(35)18-16-27)33(40)23-39(31-21-29(36)19-14-25(31)3)44(42,43)30-12-8-5-9-13-30/h4-19,21,24,32H,20,22-23H2,1-3H3,(H,37,41)/t32-/m0/s1. The van der Waals surface area contributed by atoms with Crippen LogP contribution in [0.2, 0.25) is 5.02 Å². The predicted molar refractivity (Wildman–Crippen MR) is 179 cm³/mol. The molecule has 0 aliphatic carbocycles.